The van der Waals surface area contributed by atoms with Crippen LogP contribution in [-0.4, -0.2) is 117 Å². The van der Waals surface area contributed by atoms with Gasteiger partial charge >= 0.3 is 11.9 Å². The summed E-state index contributed by atoms with van der Waals surface area (Å²) in [5.41, 5.74) is 15.4. The zero-order valence-electron chi connectivity index (χ0n) is 33.1. The van der Waals surface area contributed by atoms with Crippen LogP contribution in [-0.2, 0) is 30.4 Å². The van der Waals surface area contributed by atoms with Gasteiger partial charge in [0.05, 0.1) is 6.04 Å². The Balaban J connectivity index is 1.39. The summed E-state index contributed by atoms with van der Waals surface area (Å²) in [5.74, 6) is -5.48. The number of anilines is 1. The van der Waals surface area contributed by atoms with Crippen LogP contribution in [0.25, 0.3) is 10.8 Å². The number of hydrogen-bond acceptors (Lipinski definition) is 10. The monoisotopic (exact) mass is 817 g/mol. The molecule has 5 amide bonds. The fraction of sp³-hybridized carbons (Fsp3) is 0.439. The number of hydrogen-bond donors (Lipinski definition) is 7. The minimum Gasteiger partial charge on any atom is -0.481 e. The summed E-state index contributed by atoms with van der Waals surface area (Å²) in [6.07, 6.45) is 1.31. The summed E-state index contributed by atoms with van der Waals surface area (Å²) in [6, 6.07) is 16.9. The second-order valence-electron chi connectivity index (χ2n) is 14.8. The van der Waals surface area contributed by atoms with Crippen molar-refractivity contribution in [2.75, 3.05) is 32.1 Å². The molecule has 0 saturated carbocycles. The molecule has 17 heteroatoms. The maximum atomic E-state index is 13.8. The predicted molar refractivity (Wildman–Crippen MR) is 222 cm³/mol. The molecule has 0 unspecified atom stereocenters. The number of nitrogens with one attached hydrogen (secondary N) is 3. The molecular formula is C41H55N7O9Si. The Bertz CT molecular complexity index is 1940. The number of rotatable bonds is 24. The van der Waals surface area contributed by atoms with Crippen molar-refractivity contribution in [2.24, 2.45) is 11.5 Å². The first-order valence-electron chi connectivity index (χ1n) is 19.6. The van der Waals surface area contributed by atoms with Gasteiger partial charge in [-0.15, -0.1) is 0 Å². The number of aryl methyl sites for hydroxylation is 1. The van der Waals surface area contributed by atoms with Crippen LogP contribution < -0.4 is 32.3 Å². The highest BCUT2D eigenvalue weighted by Crippen LogP contribution is 2.35. The number of benzene rings is 3. The minimum absolute atomic E-state index is 0.0259. The number of carbonyl (C=O) groups excluding carboxylic acids is 5. The first kappa shape index (κ1) is 45.1. The molecule has 4 atom stereocenters. The molecule has 9 N–H and O–H groups in total. The lowest BCUT2D eigenvalue weighted by Crippen LogP contribution is -2.53. The van der Waals surface area contributed by atoms with Gasteiger partial charge in [0.25, 0.3) is 11.8 Å². The summed E-state index contributed by atoms with van der Waals surface area (Å²) in [6.45, 7) is -0.445. The van der Waals surface area contributed by atoms with E-state index in [0.717, 1.165) is 40.9 Å². The molecular weight excluding hydrogens is 763 g/mol. The molecule has 0 saturated heterocycles. The number of carbonyl (C=O) groups is 7. The van der Waals surface area contributed by atoms with E-state index in [0.29, 0.717) is 22.9 Å². The van der Waals surface area contributed by atoms with Crippen LogP contribution in [0.4, 0.5) is 5.69 Å². The zero-order valence-corrected chi connectivity index (χ0v) is 34.5. The van der Waals surface area contributed by atoms with Crippen molar-refractivity contribution in [3.8, 4) is 0 Å². The molecule has 3 aromatic carbocycles. The van der Waals surface area contributed by atoms with E-state index in [2.05, 4.69) is 28.1 Å². The fourth-order valence-electron chi connectivity index (χ4n) is 6.96. The molecule has 58 heavy (non-hydrogen) atoms. The van der Waals surface area contributed by atoms with Crippen LogP contribution in [0, 0.1) is 0 Å². The lowest BCUT2D eigenvalue weighted by molar-refractivity contribution is -0.142. The second-order valence-corrected chi connectivity index (χ2v) is 16.8. The van der Waals surface area contributed by atoms with Crippen molar-refractivity contribution in [2.45, 2.75) is 87.6 Å². The van der Waals surface area contributed by atoms with Crippen molar-refractivity contribution < 1.29 is 43.8 Å². The van der Waals surface area contributed by atoms with Crippen LogP contribution in [0.3, 0.4) is 0 Å². The molecule has 0 bridgehead atoms. The van der Waals surface area contributed by atoms with Gasteiger partial charge in [-0.25, -0.2) is 4.79 Å². The number of carboxylic acids is 2. The number of amides is 5. The Hall–Kier alpha value is -5.65. The summed E-state index contributed by atoms with van der Waals surface area (Å²) in [7, 11) is 3.10. The van der Waals surface area contributed by atoms with E-state index < -0.39 is 69.1 Å². The molecule has 0 radical (unpaired) electrons. The first-order chi connectivity index (χ1) is 27.7. The number of carboxylic acid groups (broad SMARTS) is 2. The van der Waals surface area contributed by atoms with E-state index in [1.165, 1.54) is 5.56 Å². The van der Waals surface area contributed by atoms with Crippen LogP contribution >= 0.6 is 0 Å². The third kappa shape index (κ3) is 12.7. The summed E-state index contributed by atoms with van der Waals surface area (Å²) in [4.78, 5) is 92.3. The summed E-state index contributed by atoms with van der Waals surface area (Å²) < 4.78 is 0. The Labute approximate surface area is 339 Å². The van der Waals surface area contributed by atoms with Crippen molar-refractivity contribution in [3.63, 3.8) is 0 Å². The zero-order chi connectivity index (χ0) is 42.4. The SMILES string of the molecule is CN(C)c1ccc2c3c(cccc13)C(=O)N(CC[C@@H](NC(=O)[C@@H](N)CC[SiH2]C[C@@H](N)CCc1ccccc1)C(=O)NCC[C@@H](NC(=O)CCCC(=O)O)C(=O)O)C2=O. The van der Waals surface area contributed by atoms with E-state index in [9.17, 15) is 38.7 Å². The van der Waals surface area contributed by atoms with Gasteiger partial charge in [0.1, 0.15) is 12.1 Å². The average Bonchev–Trinajstić information content (AvgIpc) is 3.19. The standard InChI is InChI=1S/C41H55N7O9Si/c1-47(2)33-17-16-29-36-27(33)10-6-11-28(36)39(54)48(40(29)55)22-19-31(38(53)44-21-18-32(41(56)57)45-34(49)12-7-13-35(50)51)46-37(52)30(43)20-23-58-24-26(42)15-14-25-8-4-3-5-9-25/h3-6,8-11,16-17,26,30-32H,7,12-15,18-24,42-43,58H2,1-2H3,(H,44,53)(H,45,49)(H,46,52)(H,50,51)(H,56,57)/t26-,30-,31+,32+/m0/s1. The molecule has 0 aliphatic carbocycles. The van der Waals surface area contributed by atoms with Crippen molar-refractivity contribution in [1.82, 2.24) is 20.9 Å². The van der Waals surface area contributed by atoms with Gasteiger partial charge in [-0.1, -0.05) is 48.5 Å². The quantitative estimate of drug-likeness (QED) is 0.0385. The molecule has 0 aromatic heterocycles. The third-order valence-electron chi connectivity index (χ3n) is 10.2. The van der Waals surface area contributed by atoms with Gasteiger partial charge in [0, 0.05) is 83.2 Å². The van der Waals surface area contributed by atoms with Crippen molar-refractivity contribution in [1.29, 1.82) is 0 Å². The van der Waals surface area contributed by atoms with Gasteiger partial charge in [-0.3, -0.25) is 33.7 Å². The van der Waals surface area contributed by atoms with E-state index in [4.69, 9.17) is 16.6 Å². The molecule has 4 rings (SSSR count). The van der Waals surface area contributed by atoms with Crippen molar-refractivity contribution >= 4 is 67.5 Å². The van der Waals surface area contributed by atoms with Gasteiger partial charge in [-0.05, 0) is 68.3 Å². The Morgan fingerprint density at radius 3 is 2.17 bits per heavy atom. The smallest absolute Gasteiger partial charge is 0.326 e. The molecule has 0 spiro atoms. The molecule has 0 fully saturated rings. The second kappa shape index (κ2) is 21.8. The molecule has 312 valence electrons. The maximum Gasteiger partial charge on any atom is 0.326 e. The van der Waals surface area contributed by atoms with E-state index in [1.54, 1.807) is 24.3 Å². The van der Waals surface area contributed by atoms with Crippen LogP contribution in [0.2, 0.25) is 12.1 Å². The van der Waals surface area contributed by atoms with E-state index in [-0.39, 0.29) is 51.2 Å². The summed E-state index contributed by atoms with van der Waals surface area (Å²) in [5, 5.41) is 27.4. The summed E-state index contributed by atoms with van der Waals surface area (Å²) >= 11 is 0. The molecule has 16 nitrogen and oxygen atoms in total. The largest absolute Gasteiger partial charge is 0.481 e. The van der Waals surface area contributed by atoms with Crippen LogP contribution in [0.1, 0.15) is 71.2 Å². The average molecular weight is 818 g/mol. The molecule has 3 aromatic rings. The predicted octanol–water partition coefficient (Wildman–Crippen LogP) is 1.39. The topological polar surface area (TPSA) is 255 Å². The number of aliphatic carboxylic acids is 2. The van der Waals surface area contributed by atoms with Gasteiger partial charge in [0.2, 0.25) is 17.7 Å². The highest BCUT2D eigenvalue weighted by Gasteiger charge is 2.35. The first-order valence-corrected chi connectivity index (χ1v) is 21.6. The van der Waals surface area contributed by atoms with Gasteiger partial charge in [0.15, 0.2) is 0 Å². The minimum atomic E-state index is -1.38. The lowest BCUT2D eigenvalue weighted by atomic mass is 9.92. The van der Waals surface area contributed by atoms with E-state index >= 15 is 0 Å². The van der Waals surface area contributed by atoms with Crippen molar-refractivity contribution in [3.05, 3.63) is 77.4 Å². The number of nitrogens with zero attached hydrogens (tertiary/aromatic N) is 2. The Morgan fingerprint density at radius 1 is 0.793 bits per heavy atom. The molecule has 1 aliphatic rings. The normalized spacial score (nSPS) is 14.5. The lowest BCUT2D eigenvalue weighted by Gasteiger charge is -2.30. The van der Waals surface area contributed by atoms with Gasteiger partial charge < -0.3 is 42.5 Å². The highest BCUT2D eigenvalue weighted by atomic mass is 28.2. The maximum absolute atomic E-state index is 13.8. The van der Waals surface area contributed by atoms with E-state index in [1.807, 2.05) is 43.3 Å². The fourth-order valence-corrected chi connectivity index (χ4v) is 8.79. The number of imide groups is 1. The van der Waals surface area contributed by atoms with Gasteiger partial charge in [-0.2, -0.15) is 0 Å². The third-order valence-corrected chi connectivity index (χ3v) is 12.3. The highest BCUT2D eigenvalue weighted by molar-refractivity contribution is 6.35. The Kier molecular flexibility index (Phi) is 16.9. The van der Waals surface area contributed by atoms with Crippen LogP contribution in [0.5, 0.6) is 0 Å². The molecule has 1 aliphatic heterocycles. The van der Waals surface area contributed by atoms with Crippen LogP contribution in [0.15, 0.2) is 60.7 Å². The molecule has 1 heterocycles. The number of nitrogens with two attached hydrogens (primary N) is 2. The Morgan fingerprint density at radius 2 is 1.50 bits per heavy atom.